The molecule has 1 saturated heterocycles. The Hall–Kier alpha value is -3.92. The smallest absolute Gasteiger partial charge is 0.337 e. The lowest BCUT2D eigenvalue weighted by Crippen LogP contribution is -2.50. The molecule has 1 aliphatic rings. The van der Waals surface area contributed by atoms with Gasteiger partial charge in [0.2, 0.25) is 11.8 Å². The van der Waals surface area contributed by atoms with Crippen LogP contribution in [0.15, 0.2) is 42.5 Å². The van der Waals surface area contributed by atoms with Crippen LogP contribution < -0.4 is 10.1 Å². The van der Waals surface area contributed by atoms with Crippen molar-refractivity contribution in [3.63, 3.8) is 0 Å². The minimum absolute atomic E-state index is 0.0253. The molecule has 0 radical (unpaired) electrons. The van der Waals surface area contributed by atoms with Crippen LogP contribution in [0.2, 0.25) is 0 Å². The topological polar surface area (TPSA) is 114 Å². The van der Waals surface area contributed by atoms with Crippen molar-refractivity contribution in [2.45, 2.75) is 6.42 Å². The molecule has 0 unspecified atom stereocenters. The predicted octanol–water partition coefficient (Wildman–Crippen LogP) is 1.59. The highest BCUT2D eigenvalue weighted by molar-refractivity contribution is 5.99. The summed E-state index contributed by atoms with van der Waals surface area (Å²) in [6.45, 7) is 2.23. The standard InChI is InChI=1S/C25H29N3O7/c1-33-21-6-4-5-17(11-21)12-23(30)28-9-7-27(8-10-28)16-22(29)26-20-14-18(24(31)34-2)13-19(15-20)25(32)35-3/h4-6,11,13-15H,7-10,12,16H2,1-3H3,(H,26,29). The Balaban J connectivity index is 1.54. The van der Waals surface area contributed by atoms with E-state index in [4.69, 9.17) is 14.2 Å². The zero-order valence-electron chi connectivity index (χ0n) is 20.0. The number of benzene rings is 2. The molecule has 3 rings (SSSR count). The molecule has 10 heteroatoms. The summed E-state index contributed by atoms with van der Waals surface area (Å²) in [6, 6.07) is 11.6. The normalized spacial score (nSPS) is 13.6. The minimum atomic E-state index is -0.638. The summed E-state index contributed by atoms with van der Waals surface area (Å²) in [5.74, 6) is -0.847. The van der Waals surface area contributed by atoms with Crippen molar-refractivity contribution in [3.8, 4) is 5.75 Å². The molecule has 2 amide bonds. The van der Waals surface area contributed by atoms with Crippen LogP contribution in [-0.2, 0) is 25.5 Å². The second kappa shape index (κ2) is 12.0. The summed E-state index contributed by atoms with van der Waals surface area (Å²) in [4.78, 5) is 52.9. The van der Waals surface area contributed by atoms with E-state index in [1.165, 1.54) is 32.4 Å². The predicted molar refractivity (Wildman–Crippen MR) is 127 cm³/mol. The molecule has 1 heterocycles. The number of ether oxygens (including phenoxy) is 3. The van der Waals surface area contributed by atoms with Crippen LogP contribution >= 0.6 is 0 Å². The molecule has 0 saturated carbocycles. The zero-order chi connectivity index (χ0) is 25.4. The highest BCUT2D eigenvalue weighted by atomic mass is 16.5. The van der Waals surface area contributed by atoms with Gasteiger partial charge in [-0.25, -0.2) is 9.59 Å². The summed E-state index contributed by atoms with van der Waals surface area (Å²) in [5, 5.41) is 2.72. The van der Waals surface area contributed by atoms with E-state index < -0.39 is 11.9 Å². The van der Waals surface area contributed by atoms with E-state index in [-0.39, 0.29) is 41.6 Å². The number of nitrogens with zero attached hydrogens (tertiary/aromatic N) is 2. The molecule has 2 aromatic carbocycles. The first kappa shape index (κ1) is 25.7. The molecule has 0 aliphatic carbocycles. The van der Waals surface area contributed by atoms with E-state index in [2.05, 4.69) is 5.32 Å². The number of hydrogen-bond acceptors (Lipinski definition) is 8. The first-order valence-electron chi connectivity index (χ1n) is 11.1. The van der Waals surface area contributed by atoms with Crippen molar-refractivity contribution < 1.29 is 33.4 Å². The number of anilines is 1. The molecule has 0 spiro atoms. The number of carbonyl (C=O) groups excluding carboxylic acids is 4. The number of amides is 2. The average Bonchev–Trinajstić information content (AvgIpc) is 2.87. The fraction of sp³-hybridized carbons (Fsp3) is 0.360. The van der Waals surface area contributed by atoms with Gasteiger partial charge in [-0.3, -0.25) is 14.5 Å². The quantitative estimate of drug-likeness (QED) is 0.563. The highest BCUT2D eigenvalue weighted by Gasteiger charge is 2.23. The summed E-state index contributed by atoms with van der Waals surface area (Å²) in [5.41, 5.74) is 1.41. The van der Waals surface area contributed by atoms with Gasteiger partial charge in [0.05, 0.1) is 45.4 Å². The van der Waals surface area contributed by atoms with Crippen molar-refractivity contribution in [1.29, 1.82) is 0 Å². The van der Waals surface area contributed by atoms with Crippen molar-refractivity contribution >= 4 is 29.4 Å². The maximum atomic E-state index is 12.7. The summed E-state index contributed by atoms with van der Waals surface area (Å²) in [6.07, 6.45) is 0.288. The third kappa shape index (κ3) is 7.03. The average molecular weight is 484 g/mol. The van der Waals surface area contributed by atoms with E-state index in [1.54, 1.807) is 12.0 Å². The van der Waals surface area contributed by atoms with Gasteiger partial charge in [0.25, 0.3) is 0 Å². The molecule has 10 nitrogen and oxygen atoms in total. The van der Waals surface area contributed by atoms with Gasteiger partial charge in [0.15, 0.2) is 0 Å². The molecular formula is C25H29N3O7. The van der Waals surface area contributed by atoms with Gasteiger partial charge in [-0.15, -0.1) is 0 Å². The van der Waals surface area contributed by atoms with E-state index in [0.717, 1.165) is 5.56 Å². The van der Waals surface area contributed by atoms with E-state index in [9.17, 15) is 19.2 Å². The molecule has 2 aromatic rings. The van der Waals surface area contributed by atoms with Gasteiger partial charge >= 0.3 is 11.9 Å². The number of rotatable bonds is 8. The summed E-state index contributed by atoms with van der Waals surface area (Å²) >= 11 is 0. The second-order valence-corrected chi connectivity index (χ2v) is 8.02. The molecule has 35 heavy (non-hydrogen) atoms. The van der Waals surface area contributed by atoms with Crippen molar-refractivity contribution in [2.24, 2.45) is 0 Å². The number of methoxy groups -OCH3 is 3. The summed E-state index contributed by atoms with van der Waals surface area (Å²) < 4.78 is 14.6. The molecule has 1 N–H and O–H groups in total. The van der Waals surface area contributed by atoms with E-state index >= 15 is 0 Å². The third-order valence-corrected chi connectivity index (χ3v) is 5.64. The lowest BCUT2D eigenvalue weighted by molar-refractivity contribution is -0.132. The first-order valence-corrected chi connectivity index (χ1v) is 11.1. The monoisotopic (exact) mass is 483 g/mol. The van der Waals surface area contributed by atoms with Crippen molar-refractivity contribution in [2.75, 3.05) is 59.4 Å². The van der Waals surface area contributed by atoms with Gasteiger partial charge in [-0.05, 0) is 35.9 Å². The van der Waals surface area contributed by atoms with Gasteiger partial charge in [0.1, 0.15) is 5.75 Å². The minimum Gasteiger partial charge on any atom is -0.497 e. The lowest BCUT2D eigenvalue weighted by atomic mass is 10.1. The fourth-order valence-electron chi connectivity index (χ4n) is 3.80. The first-order chi connectivity index (χ1) is 16.8. The molecule has 0 aromatic heterocycles. The Morgan fingerprint density at radius 3 is 2.06 bits per heavy atom. The SMILES string of the molecule is COC(=O)c1cc(NC(=O)CN2CCN(C(=O)Cc3cccc(OC)c3)CC2)cc(C(=O)OC)c1. The Bertz CT molecular complexity index is 1060. The third-order valence-electron chi connectivity index (χ3n) is 5.64. The van der Waals surface area contributed by atoms with Crippen LogP contribution in [0.3, 0.4) is 0 Å². The van der Waals surface area contributed by atoms with E-state index in [1.807, 2.05) is 29.2 Å². The maximum Gasteiger partial charge on any atom is 0.337 e. The molecule has 0 bridgehead atoms. The molecule has 1 aliphatic heterocycles. The molecule has 186 valence electrons. The molecular weight excluding hydrogens is 454 g/mol. The van der Waals surface area contributed by atoms with Crippen LogP contribution in [0.5, 0.6) is 5.75 Å². The fourth-order valence-corrected chi connectivity index (χ4v) is 3.80. The molecule has 0 atom stereocenters. The van der Waals surface area contributed by atoms with Crippen molar-refractivity contribution in [3.05, 3.63) is 59.2 Å². The lowest BCUT2D eigenvalue weighted by Gasteiger charge is -2.34. The molecule has 1 fully saturated rings. The van der Waals surface area contributed by atoms with Crippen LogP contribution in [-0.4, -0.2) is 87.6 Å². The van der Waals surface area contributed by atoms with Crippen LogP contribution in [0.25, 0.3) is 0 Å². The van der Waals surface area contributed by atoms with Crippen molar-refractivity contribution in [1.82, 2.24) is 9.80 Å². The van der Waals surface area contributed by atoms with Gasteiger partial charge in [0, 0.05) is 31.9 Å². The Morgan fingerprint density at radius 2 is 1.49 bits per heavy atom. The Morgan fingerprint density at radius 1 is 0.857 bits per heavy atom. The number of piperazine rings is 1. The van der Waals surface area contributed by atoms with Gasteiger partial charge in [-0.1, -0.05) is 12.1 Å². The van der Waals surface area contributed by atoms with Crippen LogP contribution in [0.1, 0.15) is 26.3 Å². The maximum absolute atomic E-state index is 12.7. The Kier molecular flexibility index (Phi) is 8.80. The highest BCUT2D eigenvalue weighted by Crippen LogP contribution is 2.18. The number of carbonyl (C=O) groups is 4. The zero-order valence-corrected chi connectivity index (χ0v) is 20.0. The van der Waals surface area contributed by atoms with Crippen LogP contribution in [0, 0.1) is 0 Å². The second-order valence-electron chi connectivity index (χ2n) is 8.02. The van der Waals surface area contributed by atoms with Gasteiger partial charge < -0.3 is 24.4 Å². The Labute approximate surface area is 203 Å². The largest absolute Gasteiger partial charge is 0.497 e. The van der Waals surface area contributed by atoms with E-state index in [0.29, 0.717) is 31.9 Å². The number of nitrogens with one attached hydrogen (secondary N) is 1. The van der Waals surface area contributed by atoms with Crippen LogP contribution in [0.4, 0.5) is 5.69 Å². The van der Waals surface area contributed by atoms with Gasteiger partial charge in [-0.2, -0.15) is 0 Å². The number of hydrogen-bond donors (Lipinski definition) is 1. The summed E-state index contributed by atoms with van der Waals surface area (Å²) in [7, 11) is 4.04. The number of esters is 2.